The first-order valence-corrected chi connectivity index (χ1v) is 7.22. The highest BCUT2D eigenvalue weighted by molar-refractivity contribution is 6.03. The van der Waals surface area contributed by atoms with Crippen molar-refractivity contribution >= 4 is 17.5 Å². The van der Waals surface area contributed by atoms with Gasteiger partial charge in [-0.1, -0.05) is 42.0 Å². The van der Waals surface area contributed by atoms with Gasteiger partial charge in [0.15, 0.2) is 0 Å². The average molecular weight is 296 g/mol. The summed E-state index contributed by atoms with van der Waals surface area (Å²) in [4.78, 5) is 23.6. The van der Waals surface area contributed by atoms with E-state index in [1.54, 1.807) is 6.07 Å². The van der Waals surface area contributed by atoms with Crippen molar-refractivity contribution < 1.29 is 9.59 Å². The van der Waals surface area contributed by atoms with Crippen LogP contribution in [-0.4, -0.2) is 11.8 Å². The molecule has 0 fully saturated rings. The third-order valence-corrected chi connectivity index (χ3v) is 3.23. The number of hydrogen-bond donors (Lipinski definition) is 2. The summed E-state index contributed by atoms with van der Waals surface area (Å²) in [5, 5.41) is 5.47. The third kappa shape index (κ3) is 5.05. The number of nitrogens with one attached hydrogen (secondary N) is 2. The third-order valence-electron chi connectivity index (χ3n) is 3.23. The highest BCUT2D eigenvalue weighted by Gasteiger charge is 2.09. The molecule has 0 saturated carbocycles. The van der Waals surface area contributed by atoms with Crippen molar-refractivity contribution in [2.45, 2.75) is 26.8 Å². The molecule has 0 unspecified atom stereocenters. The quantitative estimate of drug-likeness (QED) is 0.833. The van der Waals surface area contributed by atoms with Crippen LogP contribution in [0, 0.1) is 13.8 Å². The number of hydrogen-bond acceptors (Lipinski definition) is 2. The Balaban J connectivity index is 1.79. The number of rotatable bonds is 5. The maximum absolute atomic E-state index is 11.8. The van der Waals surface area contributed by atoms with Crippen molar-refractivity contribution in [2.75, 3.05) is 5.32 Å². The van der Waals surface area contributed by atoms with Crippen LogP contribution in [-0.2, 0) is 16.1 Å². The van der Waals surface area contributed by atoms with Gasteiger partial charge in [0, 0.05) is 12.2 Å². The fraction of sp³-hybridized carbons (Fsp3) is 0.222. The Morgan fingerprint density at radius 3 is 2.32 bits per heavy atom. The minimum absolute atomic E-state index is 0.181. The molecule has 0 radical (unpaired) electrons. The van der Waals surface area contributed by atoms with E-state index in [1.807, 2.05) is 56.3 Å². The molecule has 2 N–H and O–H groups in total. The minimum Gasteiger partial charge on any atom is -0.352 e. The van der Waals surface area contributed by atoms with Crippen LogP contribution in [0.3, 0.4) is 0 Å². The van der Waals surface area contributed by atoms with E-state index in [9.17, 15) is 9.59 Å². The van der Waals surface area contributed by atoms with Crippen molar-refractivity contribution in [1.29, 1.82) is 0 Å². The predicted molar refractivity (Wildman–Crippen MR) is 87.5 cm³/mol. The summed E-state index contributed by atoms with van der Waals surface area (Å²) in [6.45, 7) is 4.39. The van der Waals surface area contributed by atoms with Gasteiger partial charge in [0.25, 0.3) is 0 Å². The van der Waals surface area contributed by atoms with Gasteiger partial charge in [0.05, 0.1) is 0 Å². The van der Waals surface area contributed by atoms with Gasteiger partial charge in [-0.05, 0) is 37.1 Å². The molecule has 0 bridgehead atoms. The molecule has 0 aromatic heterocycles. The second kappa shape index (κ2) is 7.41. The topological polar surface area (TPSA) is 58.2 Å². The van der Waals surface area contributed by atoms with Crippen molar-refractivity contribution in [2.24, 2.45) is 0 Å². The van der Waals surface area contributed by atoms with E-state index < -0.39 is 0 Å². The Bertz CT molecular complexity index is 663. The van der Waals surface area contributed by atoms with Crippen LogP contribution in [0.4, 0.5) is 5.69 Å². The molecule has 0 saturated heterocycles. The number of carbonyl (C=O) groups excluding carboxylic acids is 2. The van der Waals surface area contributed by atoms with Gasteiger partial charge in [-0.2, -0.15) is 0 Å². The van der Waals surface area contributed by atoms with Crippen LogP contribution < -0.4 is 10.6 Å². The molecule has 0 heterocycles. The lowest BCUT2D eigenvalue weighted by atomic mass is 10.1. The van der Waals surface area contributed by atoms with E-state index in [0.717, 1.165) is 11.1 Å². The van der Waals surface area contributed by atoms with Crippen LogP contribution >= 0.6 is 0 Å². The van der Waals surface area contributed by atoms with Crippen LogP contribution in [0.2, 0.25) is 0 Å². The van der Waals surface area contributed by atoms with Crippen LogP contribution in [0.5, 0.6) is 0 Å². The summed E-state index contributed by atoms with van der Waals surface area (Å²) in [5.41, 5.74) is 3.95. The number of carbonyl (C=O) groups is 2. The van der Waals surface area contributed by atoms with Crippen molar-refractivity contribution in [3.05, 3.63) is 65.2 Å². The van der Waals surface area contributed by atoms with Gasteiger partial charge >= 0.3 is 0 Å². The van der Waals surface area contributed by atoms with E-state index in [-0.39, 0.29) is 18.2 Å². The minimum atomic E-state index is -0.313. The fourth-order valence-corrected chi connectivity index (χ4v) is 2.04. The van der Waals surface area contributed by atoms with Crippen molar-refractivity contribution in [3.63, 3.8) is 0 Å². The van der Waals surface area contributed by atoms with Gasteiger partial charge < -0.3 is 10.6 Å². The number of aryl methyl sites for hydroxylation is 2. The molecular weight excluding hydrogens is 276 g/mol. The molecule has 2 amide bonds. The molecule has 4 heteroatoms. The van der Waals surface area contributed by atoms with E-state index in [2.05, 4.69) is 10.6 Å². The van der Waals surface area contributed by atoms with Crippen molar-refractivity contribution in [3.8, 4) is 0 Å². The van der Waals surface area contributed by atoms with Gasteiger partial charge in [-0.15, -0.1) is 0 Å². The second-order valence-electron chi connectivity index (χ2n) is 5.36. The first kappa shape index (κ1) is 15.8. The molecule has 22 heavy (non-hydrogen) atoms. The Hall–Kier alpha value is -2.62. The van der Waals surface area contributed by atoms with Gasteiger partial charge in [-0.3, -0.25) is 9.59 Å². The molecular formula is C18H20N2O2. The molecule has 0 atom stereocenters. The molecule has 0 spiro atoms. The molecule has 0 aliphatic rings. The molecule has 2 aromatic carbocycles. The lowest BCUT2D eigenvalue weighted by Gasteiger charge is -2.07. The summed E-state index contributed by atoms with van der Waals surface area (Å²) < 4.78 is 0. The maximum Gasteiger partial charge on any atom is 0.233 e. The summed E-state index contributed by atoms with van der Waals surface area (Å²) in [5.74, 6) is -0.599. The summed E-state index contributed by atoms with van der Waals surface area (Å²) in [6, 6.07) is 15.4. The number of anilines is 1. The second-order valence-corrected chi connectivity index (χ2v) is 5.36. The summed E-state index contributed by atoms with van der Waals surface area (Å²) >= 11 is 0. The van der Waals surface area contributed by atoms with Gasteiger partial charge in [0.2, 0.25) is 11.8 Å². The Kier molecular flexibility index (Phi) is 5.31. The maximum atomic E-state index is 11.8. The Labute approximate surface area is 130 Å². The monoisotopic (exact) mass is 296 g/mol. The molecule has 2 rings (SSSR count). The van der Waals surface area contributed by atoms with Gasteiger partial charge in [-0.25, -0.2) is 0 Å². The zero-order chi connectivity index (χ0) is 15.9. The Morgan fingerprint density at radius 2 is 1.64 bits per heavy atom. The standard InChI is InChI=1S/C18H20N2O2/c1-13-6-8-15(9-7-13)12-19-17(21)11-18(22)20-16-5-3-4-14(2)10-16/h3-10H,11-12H2,1-2H3,(H,19,21)(H,20,22). The first-order valence-electron chi connectivity index (χ1n) is 7.22. The van der Waals surface area contributed by atoms with E-state index >= 15 is 0 Å². The van der Waals surface area contributed by atoms with E-state index in [0.29, 0.717) is 12.2 Å². The van der Waals surface area contributed by atoms with Crippen LogP contribution in [0.25, 0.3) is 0 Å². The molecule has 0 aliphatic carbocycles. The highest BCUT2D eigenvalue weighted by atomic mass is 16.2. The van der Waals surface area contributed by atoms with Crippen LogP contribution in [0.1, 0.15) is 23.1 Å². The van der Waals surface area contributed by atoms with Gasteiger partial charge in [0.1, 0.15) is 6.42 Å². The van der Waals surface area contributed by atoms with E-state index in [4.69, 9.17) is 0 Å². The highest BCUT2D eigenvalue weighted by Crippen LogP contribution is 2.09. The molecule has 2 aromatic rings. The van der Waals surface area contributed by atoms with E-state index in [1.165, 1.54) is 5.56 Å². The SMILES string of the molecule is Cc1ccc(CNC(=O)CC(=O)Nc2cccc(C)c2)cc1. The molecule has 0 aliphatic heterocycles. The van der Waals surface area contributed by atoms with Crippen molar-refractivity contribution in [1.82, 2.24) is 5.32 Å². The molecule has 4 nitrogen and oxygen atoms in total. The number of benzene rings is 2. The van der Waals surface area contributed by atoms with Crippen LogP contribution in [0.15, 0.2) is 48.5 Å². The smallest absolute Gasteiger partial charge is 0.233 e. The fourth-order valence-electron chi connectivity index (χ4n) is 2.04. The molecule has 114 valence electrons. The summed E-state index contributed by atoms with van der Waals surface area (Å²) in [7, 11) is 0. The Morgan fingerprint density at radius 1 is 0.909 bits per heavy atom. The lowest BCUT2D eigenvalue weighted by Crippen LogP contribution is -2.27. The normalized spacial score (nSPS) is 10.1. The number of amides is 2. The first-order chi connectivity index (χ1) is 10.5. The average Bonchev–Trinajstić information content (AvgIpc) is 2.46. The zero-order valence-corrected chi connectivity index (χ0v) is 12.8. The summed E-state index contributed by atoms with van der Waals surface area (Å²) in [6.07, 6.45) is -0.181. The zero-order valence-electron chi connectivity index (χ0n) is 12.8. The largest absolute Gasteiger partial charge is 0.352 e. The predicted octanol–water partition coefficient (Wildman–Crippen LogP) is 2.95. The lowest BCUT2D eigenvalue weighted by molar-refractivity contribution is -0.126.